The number of anilines is 1. The molecular formula is C22H31N5O. The number of unbranched alkanes of at least 4 members (excludes halogenated alkanes) is 2. The van der Waals surface area contributed by atoms with Crippen LogP contribution in [-0.2, 0) is 11.2 Å². The first-order chi connectivity index (χ1) is 13.6. The van der Waals surface area contributed by atoms with E-state index < -0.39 is 0 Å². The fourth-order valence-corrected chi connectivity index (χ4v) is 3.34. The van der Waals surface area contributed by atoms with Gasteiger partial charge in [-0.1, -0.05) is 52.2 Å². The molecule has 0 aliphatic rings. The van der Waals surface area contributed by atoms with Crippen LogP contribution < -0.4 is 10.2 Å². The van der Waals surface area contributed by atoms with Crippen LogP contribution in [0.1, 0.15) is 65.0 Å². The summed E-state index contributed by atoms with van der Waals surface area (Å²) in [4.78, 5) is 23.6. The van der Waals surface area contributed by atoms with Gasteiger partial charge in [-0.15, -0.1) is 0 Å². The molecule has 1 atom stereocenters. The van der Waals surface area contributed by atoms with Crippen molar-refractivity contribution >= 4 is 22.8 Å². The van der Waals surface area contributed by atoms with Crippen LogP contribution in [0, 0.1) is 11.3 Å². The minimum absolute atomic E-state index is 0.00370. The van der Waals surface area contributed by atoms with Crippen LogP contribution in [-0.4, -0.2) is 28.6 Å². The van der Waals surface area contributed by atoms with E-state index in [2.05, 4.69) is 30.1 Å². The number of hydrogen-bond donors (Lipinski definition) is 1. The first-order valence-electron chi connectivity index (χ1n) is 10.3. The second-order valence-corrected chi connectivity index (χ2v) is 6.96. The van der Waals surface area contributed by atoms with Gasteiger partial charge in [-0.2, -0.15) is 5.26 Å². The van der Waals surface area contributed by atoms with E-state index in [1.807, 2.05) is 31.2 Å². The molecule has 2 aromatic rings. The molecule has 1 aromatic carbocycles. The molecular weight excluding hydrogens is 350 g/mol. The summed E-state index contributed by atoms with van der Waals surface area (Å²) in [7, 11) is 0. The van der Waals surface area contributed by atoms with Crippen LogP contribution >= 0.6 is 0 Å². The lowest BCUT2D eigenvalue weighted by Gasteiger charge is -2.33. The van der Waals surface area contributed by atoms with Crippen molar-refractivity contribution in [2.45, 2.75) is 71.8 Å². The summed E-state index contributed by atoms with van der Waals surface area (Å²) in [5, 5.41) is 12.3. The molecule has 1 aromatic heterocycles. The molecule has 1 heterocycles. The minimum atomic E-state index is 0.00370. The zero-order chi connectivity index (χ0) is 20.4. The molecule has 6 heteroatoms. The molecule has 0 aliphatic heterocycles. The van der Waals surface area contributed by atoms with E-state index in [9.17, 15) is 10.1 Å². The highest BCUT2D eigenvalue weighted by molar-refractivity contribution is 5.77. The third kappa shape index (κ3) is 5.66. The van der Waals surface area contributed by atoms with Crippen LogP contribution in [0.2, 0.25) is 0 Å². The van der Waals surface area contributed by atoms with E-state index in [1.54, 1.807) is 0 Å². The summed E-state index contributed by atoms with van der Waals surface area (Å²) in [6, 6.07) is 10.1. The minimum Gasteiger partial charge on any atom is -0.339 e. The number of carbonyl (C=O) groups excluding carboxylic acids is 1. The fourth-order valence-electron chi connectivity index (χ4n) is 3.34. The summed E-state index contributed by atoms with van der Waals surface area (Å²) in [5.74, 6) is 0.712. The Balaban J connectivity index is 2.45. The Morgan fingerprint density at radius 3 is 2.50 bits per heavy atom. The SMILES string of the molecule is CCCCCC(CC)N(CNC(=O)CC)c1nc2ccccc2nc1CC#N. The molecule has 28 heavy (non-hydrogen) atoms. The van der Waals surface area contributed by atoms with E-state index in [1.165, 1.54) is 12.8 Å². The van der Waals surface area contributed by atoms with E-state index in [0.717, 1.165) is 30.3 Å². The molecule has 0 saturated heterocycles. The van der Waals surface area contributed by atoms with E-state index in [-0.39, 0.29) is 18.4 Å². The average Bonchev–Trinajstić information content (AvgIpc) is 2.72. The smallest absolute Gasteiger partial charge is 0.221 e. The Hall–Kier alpha value is -2.68. The molecule has 0 aliphatic carbocycles. The number of para-hydroxylation sites is 2. The Kier molecular flexibility index (Phi) is 8.67. The number of fused-ring (bicyclic) bond motifs is 1. The second-order valence-electron chi connectivity index (χ2n) is 6.96. The quantitative estimate of drug-likeness (QED) is 0.462. The van der Waals surface area contributed by atoms with Gasteiger partial charge in [0.25, 0.3) is 0 Å². The van der Waals surface area contributed by atoms with Gasteiger partial charge in [0, 0.05) is 12.5 Å². The first-order valence-corrected chi connectivity index (χ1v) is 10.3. The lowest BCUT2D eigenvalue weighted by atomic mass is 10.0. The van der Waals surface area contributed by atoms with Crippen LogP contribution in [0.5, 0.6) is 0 Å². The van der Waals surface area contributed by atoms with Crippen molar-refractivity contribution in [1.29, 1.82) is 5.26 Å². The van der Waals surface area contributed by atoms with Crippen LogP contribution in [0.4, 0.5) is 5.82 Å². The number of nitriles is 1. The lowest BCUT2D eigenvalue weighted by molar-refractivity contribution is -0.120. The number of aromatic nitrogens is 2. The number of nitrogens with zero attached hydrogens (tertiary/aromatic N) is 4. The van der Waals surface area contributed by atoms with Gasteiger partial charge < -0.3 is 10.2 Å². The number of amides is 1. The van der Waals surface area contributed by atoms with Crippen molar-refractivity contribution in [1.82, 2.24) is 15.3 Å². The van der Waals surface area contributed by atoms with Gasteiger partial charge in [-0.25, -0.2) is 9.97 Å². The first kappa shape index (κ1) is 21.6. The van der Waals surface area contributed by atoms with Gasteiger partial charge in [0.1, 0.15) is 0 Å². The summed E-state index contributed by atoms with van der Waals surface area (Å²) >= 11 is 0. The predicted octanol–water partition coefficient (Wildman–Crippen LogP) is 4.34. The summed E-state index contributed by atoms with van der Waals surface area (Å²) in [5.41, 5.74) is 2.25. The van der Waals surface area contributed by atoms with Crippen LogP contribution in [0.25, 0.3) is 11.0 Å². The van der Waals surface area contributed by atoms with Crippen molar-refractivity contribution in [3.05, 3.63) is 30.0 Å². The number of rotatable bonds is 11. The van der Waals surface area contributed by atoms with Gasteiger partial charge in [0.05, 0.1) is 35.9 Å². The molecule has 0 fully saturated rings. The highest BCUT2D eigenvalue weighted by Gasteiger charge is 2.23. The number of nitrogens with one attached hydrogen (secondary N) is 1. The molecule has 0 spiro atoms. The third-order valence-corrected chi connectivity index (χ3v) is 4.96. The monoisotopic (exact) mass is 381 g/mol. The van der Waals surface area contributed by atoms with Crippen molar-refractivity contribution in [2.75, 3.05) is 11.6 Å². The Labute approximate surface area is 168 Å². The van der Waals surface area contributed by atoms with Gasteiger partial charge >= 0.3 is 0 Å². The molecule has 6 nitrogen and oxygen atoms in total. The maximum Gasteiger partial charge on any atom is 0.221 e. The Morgan fingerprint density at radius 2 is 1.89 bits per heavy atom. The van der Waals surface area contributed by atoms with Crippen molar-refractivity contribution in [2.24, 2.45) is 0 Å². The normalized spacial score (nSPS) is 11.8. The summed E-state index contributed by atoms with van der Waals surface area (Å²) in [6.07, 6.45) is 6.06. The second kappa shape index (κ2) is 11.2. The number of carbonyl (C=O) groups is 1. The van der Waals surface area contributed by atoms with Crippen LogP contribution in [0.3, 0.4) is 0 Å². The van der Waals surface area contributed by atoms with E-state index in [0.29, 0.717) is 24.6 Å². The largest absolute Gasteiger partial charge is 0.339 e. The Morgan fingerprint density at radius 1 is 1.18 bits per heavy atom. The average molecular weight is 382 g/mol. The molecule has 2 rings (SSSR count). The maximum atomic E-state index is 11.9. The fraction of sp³-hybridized carbons (Fsp3) is 0.545. The molecule has 1 amide bonds. The van der Waals surface area contributed by atoms with Gasteiger partial charge in [0.2, 0.25) is 5.91 Å². The zero-order valence-corrected chi connectivity index (χ0v) is 17.2. The Bertz CT molecular complexity index is 814. The number of benzene rings is 1. The van der Waals surface area contributed by atoms with Crippen molar-refractivity contribution in [3.8, 4) is 6.07 Å². The van der Waals surface area contributed by atoms with E-state index in [4.69, 9.17) is 9.97 Å². The molecule has 150 valence electrons. The maximum absolute atomic E-state index is 11.9. The van der Waals surface area contributed by atoms with Crippen molar-refractivity contribution in [3.63, 3.8) is 0 Å². The summed E-state index contributed by atoms with van der Waals surface area (Å²) in [6.45, 7) is 6.57. The van der Waals surface area contributed by atoms with Gasteiger partial charge in [0.15, 0.2) is 5.82 Å². The third-order valence-electron chi connectivity index (χ3n) is 4.96. The molecule has 0 radical (unpaired) electrons. The van der Waals surface area contributed by atoms with Crippen molar-refractivity contribution < 1.29 is 4.79 Å². The van der Waals surface area contributed by atoms with Crippen LogP contribution in [0.15, 0.2) is 24.3 Å². The summed E-state index contributed by atoms with van der Waals surface area (Å²) < 4.78 is 0. The van der Waals surface area contributed by atoms with Gasteiger partial charge in [-0.3, -0.25) is 4.79 Å². The van der Waals surface area contributed by atoms with Gasteiger partial charge in [-0.05, 0) is 25.0 Å². The zero-order valence-electron chi connectivity index (χ0n) is 17.2. The topological polar surface area (TPSA) is 81.9 Å². The molecule has 0 saturated carbocycles. The molecule has 0 bridgehead atoms. The predicted molar refractivity (Wildman–Crippen MR) is 113 cm³/mol. The molecule has 1 unspecified atom stereocenters. The molecule has 1 N–H and O–H groups in total. The van der Waals surface area contributed by atoms with E-state index >= 15 is 0 Å². The lowest BCUT2D eigenvalue weighted by Crippen LogP contribution is -2.44. The highest BCUT2D eigenvalue weighted by Crippen LogP contribution is 2.25. The number of hydrogen-bond acceptors (Lipinski definition) is 5. The highest BCUT2D eigenvalue weighted by atomic mass is 16.1. The standard InChI is InChI=1S/C22H31N5O/c1-4-7-8-11-17(5-2)27(16-24-21(28)6-3)22-20(14-15-23)25-18-12-9-10-13-19(18)26-22/h9-10,12-13,17H,4-8,11,14,16H2,1-3H3,(H,24,28).